The van der Waals surface area contributed by atoms with Crippen molar-refractivity contribution in [3.8, 4) is 11.1 Å². The van der Waals surface area contributed by atoms with Gasteiger partial charge in [0.1, 0.15) is 0 Å². The molecule has 0 saturated heterocycles. The maximum absolute atomic E-state index is 12.7. The number of nitrogens with zero attached hydrogens (tertiary/aromatic N) is 1. The maximum Gasteiger partial charge on any atom is 0.471 e. The zero-order valence-corrected chi connectivity index (χ0v) is 19.7. The summed E-state index contributed by atoms with van der Waals surface area (Å²) in [7, 11) is -2.84. The molecule has 178 valence electrons. The van der Waals surface area contributed by atoms with Crippen molar-refractivity contribution in [2.45, 2.75) is 38.5 Å². The van der Waals surface area contributed by atoms with Crippen molar-refractivity contribution in [2.24, 2.45) is 0 Å². The third-order valence-electron chi connectivity index (χ3n) is 5.52. The summed E-state index contributed by atoms with van der Waals surface area (Å²) in [5.74, 6) is -0.110. The van der Waals surface area contributed by atoms with E-state index in [4.69, 9.17) is 4.52 Å². The molecule has 1 aliphatic carbocycles. The van der Waals surface area contributed by atoms with E-state index in [2.05, 4.69) is 20.9 Å². The Kier molecular flexibility index (Phi) is 9.35. The van der Waals surface area contributed by atoms with Gasteiger partial charge in [0.15, 0.2) is 0 Å². The van der Waals surface area contributed by atoms with E-state index in [9.17, 15) is 19.4 Å². The van der Waals surface area contributed by atoms with Crippen LogP contribution in [0.25, 0.3) is 16.7 Å². The quantitative estimate of drug-likeness (QED) is 0.317. The fourth-order valence-corrected chi connectivity index (χ4v) is 4.43. The van der Waals surface area contributed by atoms with Gasteiger partial charge in [0, 0.05) is 26.5 Å². The van der Waals surface area contributed by atoms with E-state index in [-0.39, 0.29) is 25.5 Å². The summed E-state index contributed by atoms with van der Waals surface area (Å²) in [6.45, 7) is 0.589. The van der Waals surface area contributed by atoms with Crippen molar-refractivity contribution in [3.05, 3.63) is 59.4 Å². The zero-order chi connectivity index (χ0) is 23.7. The molecule has 1 aromatic heterocycles. The summed E-state index contributed by atoms with van der Waals surface area (Å²) in [6.07, 6.45) is 7.53. The van der Waals surface area contributed by atoms with Gasteiger partial charge in [-0.15, -0.1) is 0 Å². The lowest BCUT2D eigenvalue weighted by molar-refractivity contribution is -0.120. The lowest BCUT2D eigenvalue weighted by Crippen LogP contribution is -2.26. The van der Waals surface area contributed by atoms with Crippen LogP contribution in [0, 0.1) is 0 Å². The van der Waals surface area contributed by atoms with Gasteiger partial charge in [-0.25, -0.2) is 4.57 Å². The summed E-state index contributed by atoms with van der Waals surface area (Å²) >= 11 is 0. The van der Waals surface area contributed by atoms with Gasteiger partial charge in [0.2, 0.25) is 5.91 Å². The molecular formula is C24H31N2O6P. The second-order valence-corrected chi connectivity index (χ2v) is 9.37. The number of hydrogen-bond acceptors (Lipinski definition) is 6. The monoisotopic (exact) mass is 474 g/mol. The molecule has 33 heavy (non-hydrogen) atoms. The molecular weight excluding hydrogens is 443 g/mol. The van der Waals surface area contributed by atoms with E-state index >= 15 is 0 Å². The first-order chi connectivity index (χ1) is 15.9. The largest absolute Gasteiger partial charge is 0.471 e. The number of pyridine rings is 1. The average molecular weight is 474 g/mol. The minimum atomic E-state index is -3.95. The smallest absolute Gasteiger partial charge is 0.396 e. The Hall–Kier alpha value is -2.35. The van der Waals surface area contributed by atoms with E-state index < -0.39 is 7.82 Å². The molecule has 1 atom stereocenters. The normalized spacial score (nSPS) is 14.8. The van der Waals surface area contributed by atoms with E-state index in [0.717, 1.165) is 53.5 Å². The Morgan fingerprint density at radius 2 is 2.03 bits per heavy atom. The molecule has 0 aliphatic heterocycles. The third kappa shape index (κ3) is 7.06. The number of carbonyl (C=O) groups excluding carboxylic acids is 1. The number of aliphatic hydroxyl groups is 1. The molecule has 0 fully saturated rings. The second-order valence-electron chi connectivity index (χ2n) is 7.81. The van der Waals surface area contributed by atoms with Gasteiger partial charge in [-0.3, -0.25) is 18.8 Å². The van der Waals surface area contributed by atoms with Gasteiger partial charge >= 0.3 is 7.82 Å². The number of fused-ring (bicyclic) bond motifs is 1. The topological polar surface area (TPSA) is 118 Å². The first-order valence-corrected chi connectivity index (χ1v) is 12.6. The van der Waals surface area contributed by atoms with Crippen molar-refractivity contribution < 1.29 is 28.4 Å². The third-order valence-corrected chi connectivity index (χ3v) is 6.49. The van der Waals surface area contributed by atoms with Crippen LogP contribution in [0.2, 0.25) is 0 Å². The number of phosphoric ester groups is 1. The van der Waals surface area contributed by atoms with Gasteiger partial charge in [-0.05, 0) is 59.9 Å². The molecule has 1 aliphatic rings. The molecule has 1 heterocycles. The second kappa shape index (κ2) is 12.2. The number of benzene rings is 1. The molecule has 0 saturated carbocycles. The number of carbonyl (C=O) groups is 1. The SMILES string of the molecule is COP(=O)(O)OCCCCNC(=O)Cc1cnc2c(c1-c1ccccc1)CCC=C2CCO. The molecule has 1 aromatic carbocycles. The number of aliphatic hydroxyl groups excluding tert-OH is 1. The Morgan fingerprint density at radius 3 is 2.76 bits per heavy atom. The van der Waals surface area contributed by atoms with Crippen LogP contribution in [0.3, 0.4) is 0 Å². The lowest BCUT2D eigenvalue weighted by Gasteiger charge is -2.22. The van der Waals surface area contributed by atoms with Gasteiger partial charge in [0.05, 0.1) is 18.7 Å². The summed E-state index contributed by atoms with van der Waals surface area (Å²) in [6, 6.07) is 10.0. The number of rotatable bonds is 12. The number of phosphoric acid groups is 1. The van der Waals surface area contributed by atoms with Crippen LogP contribution in [0.5, 0.6) is 0 Å². The van der Waals surface area contributed by atoms with Crippen molar-refractivity contribution in [1.29, 1.82) is 0 Å². The Morgan fingerprint density at radius 1 is 1.24 bits per heavy atom. The standard InChI is InChI=1S/C24H31N2O6P/c1-31-33(29,30)32-15-6-5-13-25-22(28)16-20-17-26-24-19(12-14-27)10-7-11-21(24)23(20)18-8-3-2-4-9-18/h2-4,8-10,17,27H,5-7,11-16H2,1H3,(H,25,28)(H,29,30). The van der Waals surface area contributed by atoms with Gasteiger partial charge in [-0.2, -0.15) is 0 Å². The summed E-state index contributed by atoms with van der Waals surface area (Å²) in [5.41, 5.74) is 6.05. The predicted molar refractivity (Wildman–Crippen MR) is 126 cm³/mol. The number of allylic oxidation sites excluding steroid dienone is 1. The minimum Gasteiger partial charge on any atom is -0.396 e. The molecule has 3 N–H and O–H groups in total. The molecule has 2 aromatic rings. The molecule has 9 heteroatoms. The van der Waals surface area contributed by atoms with Crippen LogP contribution in [-0.4, -0.2) is 47.8 Å². The number of aromatic nitrogens is 1. The summed E-state index contributed by atoms with van der Waals surface area (Å²) < 4.78 is 20.4. The van der Waals surface area contributed by atoms with Crippen molar-refractivity contribution >= 4 is 19.3 Å². The summed E-state index contributed by atoms with van der Waals surface area (Å²) in [5, 5.41) is 12.3. The van der Waals surface area contributed by atoms with Gasteiger partial charge in [-0.1, -0.05) is 36.4 Å². The Labute approximate surface area is 194 Å². The van der Waals surface area contributed by atoms with Gasteiger partial charge < -0.3 is 15.3 Å². The number of amides is 1. The van der Waals surface area contributed by atoms with Crippen LogP contribution in [0.4, 0.5) is 0 Å². The van der Waals surface area contributed by atoms with Crippen molar-refractivity contribution in [1.82, 2.24) is 10.3 Å². The van der Waals surface area contributed by atoms with Crippen LogP contribution >= 0.6 is 7.82 Å². The number of nitrogens with one attached hydrogen (secondary N) is 1. The molecule has 0 bridgehead atoms. The van der Waals surface area contributed by atoms with Crippen LogP contribution in [0.15, 0.2) is 42.6 Å². The highest BCUT2D eigenvalue weighted by Gasteiger charge is 2.22. The molecule has 1 unspecified atom stereocenters. The van der Waals surface area contributed by atoms with E-state index in [1.54, 1.807) is 6.20 Å². The van der Waals surface area contributed by atoms with Crippen molar-refractivity contribution in [2.75, 3.05) is 26.9 Å². The summed E-state index contributed by atoms with van der Waals surface area (Å²) in [4.78, 5) is 26.5. The number of unbranched alkanes of at least 4 members (excludes halogenated alkanes) is 1. The fourth-order valence-electron chi connectivity index (χ4n) is 3.97. The van der Waals surface area contributed by atoms with Crippen LogP contribution in [-0.2, 0) is 31.2 Å². The van der Waals surface area contributed by atoms with Crippen LogP contribution in [0.1, 0.15) is 42.5 Å². The number of hydrogen-bond donors (Lipinski definition) is 3. The molecule has 3 rings (SSSR count). The highest BCUT2D eigenvalue weighted by atomic mass is 31.2. The first kappa shape index (κ1) is 25.3. The van der Waals surface area contributed by atoms with Crippen LogP contribution < -0.4 is 5.32 Å². The van der Waals surface area contributed by atoms with E-state index in [1.807, 2.05) is 30.3 Å². The first-order valence-electron chi connectivity index (χ1n) is 11.1. The Balaban J connectivity index is 1.68. The van der Waals surface area contributed by atoms with E-state index in [0.29, 0.717) is 25.8 Å². The molecule has 1 amide bonds. The minimum absolute atomic E-state index is 0.0736. The zero-order valence-electron chi connectivity index (χ0n) is 18.8. The average Bonchev–Trinajstić information content (AvgIpc) is 2.82. The molecule has 0 spiro atoms. The van der Waals surface area contributed by atoms with Gasteiger partial charge in [0.25, 0.3) is 0 Å². The maximum atomic E-state index is 12.7. The highest BCUT2D eigenvalue weighted by Crippen LogP contribution is 2.42. The van der Waals surface area contributed by atoms with Crippen molar-refractivity contribution in [3.63, 3.8) is 0 Å². The predicted octanol–water partition coefficient (Wildman–Crippen LogP) is 3.66. The Bertz CT molecular complexity index is 1030. The lowest BCUT2D eigenvalue weighted by atomic mass is 9.85. The van der Waals surface area contributed by atoms with E-state index in [1.165, 1.54) is 0 Å². The molecule has 0 radical (unpaired) electrons. The fraction of sp³-hybridized carbons (Fsp3) is 0.417. The molecule has 8 nitrogen and oxygen atoms in total. The highest BCUT2D eigenvalue weighted by molar-refractivity contribution is 7.47.